The Morgan fingerprint density at radius 1 is 1.53 bits per heavy atom. The van der Waals surface area contributed by atoms with Crippen LogP contribution in [0.25, 0.3) is 0 Å². The van der Waals surface area contributed by atoms with Crippen molar-refractivity contribution in [1.29, 1.82) is 0 Å². The topological polar surface area (TPSA) is 102 Å². The summed E-state index contributed by atoms with van der Waals surface area (Å²) in [4.78, 5) is 10.8. The molecule has 0 unspecified atom stereocenters. The van der Waals surface area contributed by atoms with Gasteiger partial charge in [0.25, 0.3) is 0 Å². The maximum atomic E-state index is 13.8. The molecule has 4 N–H and O–H groups in total. The van der Waals surface area contributed by atoms with Gasteiger partial charge in [0.1, 0.15) is 24.2 Å². The highest BCUT2D eigenvalue weighted by molar-refractivity contribution is 6.61. The number of hydrogen-bond donors (Lipinski definition) is 3. The molecule has 1 aromatic rings. The van der Waals surface area contributed by atoms with Gasteiger partial charge in [-0.05, 0) is 6.07 Å². The summed E-state index contributed by atoms with van der Waals surface area (Å²) in [6.45, 7) is 0.296. The molecule has 1 atom stereocenters. The quantitative estimate of drug-likeness (QED) is 0.600. The van der Waals surface area contributed by atoms with E-state index in [1.165, 1.54) is 6.07 Å². The van der Waals surface area contributed by atoms with Crippen molar-refractivity contribution in [1.82, 2.24) is 0 Å². The number of carboxylic acids is 1. The van der Waals surface area contributed by atoms with Crippen LogP contribution in [0.1, 0.15) is 5.56 Å². The van der Waals surface area contributed by atoms with Crippen LogP contribution in [-0.2, 0) is 15.9 Å². The van der Waals surface area contributed by atoms with Crippen LogP contribution in [0.2, 0.25) is 0 Å². The zero-order chi connectivity index (χ0) is 14.0. The van der Waals surface area contributed by atoms with Crippen molar-refractivity contribution in [3.8, 4) is 5.75 Å². The van der Waals surface area contributed by atoms with Crippen molar-refractivity contribution in [3.63, 3.8) is 0 Å². The van der Waals surface area contributed by atoms with E-state index in [9.17, 15) is 14.2 Å². The van der Waals surface area contributed by atoms with E-state index in [2.05, 4.69) is 0 Å². The summed E-state index contributed by atoms with van der Waals surface area (Å²) < 4.78 is 24.2. The molecule has 1 aliphatic heterocycles. The molecule has 0 amide bonds. The third-order valence-corrected chi connectivity index (χ3v) is 2.85. The Balaban J connectivity index is 2.42. The first-order valence-electron chi connectivity index (χ1n) is 5.73. The molecule has 102 valence electrons. The van der Waals surface area contributed by atoms with Crippen LogP contribution in [0.4, 0.5) is 4.39 Å². The van der Waals surface area contributed by atoms with Crippen LogP contribution in [0, 0.1) is 5.82 Å². The van der Waals surface area contributed by atoms with Crippen LogP contribution in [-0.4, -0.2) is 42.5 Å². The monoisotopic (exact) mass is 269 g/mol. The van der Waals surface area contributed by atoms with Gasteiger partial charge in [-0.15, -0.1) is 0 Å². The van der Waals surface area contributed by atoms with Gasteiger partial charge in [-0.1, -0.05) is 6.07 Å². The van der Waals surface area contributed by atoms with E-state index in [4.69, 9.17) is 20.2 Å². The van der Waals surface area contributed by atoms with Crippen LogP contribution < -0.4 is 15.9 Å². The Labute approximate surface area is 109 Å². The number of fused-ring (bicyclic) bond motifs is 1. The average molecular weight is 269 g/mol. The number of ether oxygens (including phenoxy) is 1. The number of benzene rings is 1. The Bertz CT molecular complexity index is 498. The summed E-state index contributed by atoms with van der Waals surface area (Å²) in [6, 6.07) is 1.23. The molecule has 8 heteroatoms. The predicted molar refractivity (Wildman–Crippen MR) is 64.8 cm³/mol. The third-order valence-electron chi connectivity index (χ3n) is 2.85. The number of halogens is 1. The van der Waals surface area contributed by atoms with E-state index < -0.39 is 24.9 Å². The first-order chi connectivity index (χ1) is 9.00. The first kappa shape index (κ1) is 13.8. The van der Waals surface area contributed by atoms with Gasteiger partial charge < -0.3 is 25.3 Å². The fourth-order valence-corrected chi connectivity index (χ4v) is 1.88. The van der Waals surface area contributed by atoms with Gasteiger partial charge in [-0.3, -0.25) is 4.79 Å². The molecule has 0 saturated heterocycles. The summed E-state index contributed by atoms with van der Waals surface area (Å²) in [5.74, 6) is -1.74. The van der Waals surface area contributed by atoms with Crippen molar-refractivity contribution < 1.29 is 28.7 Å². The molecular formula is C11H13BFNO5. The van der Waals surface area contributed by atoms with Crippen molar-refractivity contribution in [2.45, 2.75) is 12.5 Å². The van der Waals surface area contributed by atoms with Gasteiger partial charge in [0, 0.05) is 17.4 Å². The van der Waals surface area contributed by atoms with Gasteiger partial charge in [-0.2, -0.15) is 0 Å². The van der Waals surface area contributed by atoms with Crippen LogP contribution in [0.3, 0.4) is 0 Å². The lowest BCUT2D eigenvalue weighted by Gasteiger charge is -2.15. The van der Waals surface area contributed by atoms with Crippen LogP contribution in [0.15, 0.2) is 12.1 Å². The van der Waals surface area contributed by atoms with Gasteiger partial charge in [0.05, 0.1) is 6.61 Å². The van der Waals surface area contributed by atoms with Crippen LogP contribution >= 0.6 is 0 Å². The molecule has 1 aliphatic rings. The number of rotatable bonds is 3. The van der Waals surface area contributed by atoms with Crippen molar-refractivity contribution >= 4 is 18.6 Å². The molecular weight excluding hydrogens is 256 g/mol. The summed E-state index contributed by atoms with van der Waals surface area (Å²) in [5.41, 5.74) is 5.72. The zero-order valence-corrected chi connectivity index (χ0v) is 10.0. The van der Waals surface area contributed by atoms with E-state index in [1.807, 2.05) is 0 Å². The number of carboxylic acid groups (broad SMARTS) is 1. The van der Waals surface area contributed by atoms with E-state index >= 15 is 0 Å². The highest BCUT2D eigenvalue weighted by Crippen LogP contribution is 2.23. The smallest absolute Gasteiger partial charge is 0.491 e. The van der Waals surface area contributed by atoms with Gasteiger partial charge >= 0.3 is 13.1 Å². The second-order valence-corrected chi connectivity index (χ2v) is 4.16. The fraction of sp³-hybridized carbons (Fsp3) is 0.364. The Morgan fingerprint density at radius 2 is 2.26 bits per heavy atom. The summed E-state index contributed by atoms with van der Waals surface area (Å²) in [5, 5.41) is 18.5. The maximum absolute atomic E-state index is 13.8. The summed E-state index contributed by atoms with van der Waals surface area (Å²) >= 11 is 0. The first-order valence-corrected chi connectivity index (χ1v) is 5.73. The molecule has 1 heterocycles. The minimum Gasteiger partial charge on any atom is -0.491 e. The minimum absolute atomic E-state index is 0.0388. The van der Waals surface area contributed by atoms with Gasteiger partial charge in [0.2, 0.25) is 0 Å². The SMILES string of the molecule is N[C@@H](Cc1c(F)ccc2c1OCCOB2O)C(=O)O. The third kappa shape index (κ3) is 2.86. The van der Waals surface area contributed by atoms with Gasteiger partial charge in [0.15, 0.2) is 0 Å². The van der Waals surface area contributed by atoms with Crippen molar-refractivity contribution in [2.24, 2.45) is 5.73 Å². The number of carbonyl (C=O) groups is 1. The molecule has 0 bridgehead atoms. The average Bonchev–Trinajstić information content (AvgIpc) is 2.55. The minimum atomic E-state index is -1.24. The molecule has 6 nitrogen and oxygen atoms in total. The van der Waals surface area contributed by atoms with Crippen LogP contribution in [0.5, 0.6) is 5.75 Å². The van der Waals surface area contributed by atoms with E-state index in [0.29, 0.717) is 0 Å². The molecule has 0 radical (unpaired) electrons. The van der Waals surface area contributed by atoms with E-state index in [1.54, 1.807) is 0 Å². The second kappa shape index (κ2) is 5.56. The van der Waals surface area contributed by atoms with E-state index in [-0.39, 0.29) is 36.4 Å². The molecule has 19 heavy (non-hydrogen) atoms. The molecule has 0 aromatic heterocycles. The van der Waals surface area contributed by atoms with Gasteiger partial charge in [-0.25, -0.2) is 4.39 Å². The molecule has 0 saturated carbocycles. The maximum Gasteiger partial charge on any atom is 0.495 e. The zero-order valence-electron chi connectivity index (χ0n) is 10.0. The van der Waals surface area contributed by atoms with Crippen molar-refractivity contribution in [2.75, 3.05) is 13.2 Å². The second-order valence-electron chi connectivity index (χ2n) is 4.16. The molecule has 1 aromatic carbocycles. The molecule has 0 aliphatic carbocycles. The summed E-state index contributed by atoms with van der Waals surface area (Å²) in [7, 11) is -1.22. The molecule has 0 spiro atoms. The molecule has 2 rings (SSSR count). The Morgan fingerprint density at radius 3 is 2.95 bits per heavy atom. The summed E-state index contributed by atoms with van der Waals surface area (Å²) in [6.07, 6.45) is -0.225. The standard InChI is InChI=1S/C11H13BFNO5/c13-8-2-1-7-10(18-3-4-19-12(7)17)6(8)5-9(14)11(15)16/h1-2,9,17H,3-5,14H2,(H,15,16)/t9-/m0/s1. The fourth-order valence-electron chi connectivity index (χ4n) is 1.88. The lowest BCUT2D eigenvalue weighted by Crippen LogP contribution is -2.36. The Kier molecular flexibility index (Phi) is 4.03. The number of nitrogens with two attached hydrogens (primary N) is 1. The lowest BCUT2D eigenvalue weighted by molar-refractivity contribution is -0.138. The largest absolute Gasteiger partial charge is 0.495 e. The highest BCUT2D eigenvalue weighted by Gasteiger charge is 2.29. The predicted octanol–water partition coefficient (Wildman–Crippen LogP) is -1.12. The highest BCUT2D eigenvalue weighted by atomic mass is 19.1. The normalized spacial score (nSPS) is 16.3. The lowest BCUT2D eigenvalue weighted by atomic mass is 9.77. The Hall–Kier alpha value is -1.64. The number of hydrogen-bond acceptors (Lipinski definition) is 5. The van der Waals surface area contributed by atoms with E-state index in [0.717, 1.165) is 6.07 Å². The molecule has 0 fully saturated rings. The number of aliphatic carboxylic acids is 1. The van der Waals surface area contributed by atoms with Crippen molar-refractivity contribution in [3.05, 3.63) is 23.5 Å².